The SMILES string of the molecule is O=C([C@@H](O)[C@@H](O)[C@H](O)[C@@H](O)CO)N(CCCCO)CCCCSc1ccc(Cl)c(CNC2(c3cnccc3-c3ccccc3OC3CC3)CC2)c1. The molecule has 0 saturated heterocycles. The van der Waals surface area contributed by atoms with Crippen LogP contribution in [0.15, 0.2) is 65.8 Å². The number of aliphatic hydroxyl groups excluding tert-OH is 6. The van der Waals surface area contributed by atoms with Gasteiger partial charge in [0.15, 0.2) is 6.10 Å². The van der Waals surface area contributed by atoms with Crippen LogP contribution in [0.3, 0.4) is 0 Å². The fourth-order valence-electron chi connectivity index (χ4n) is 6.07. The number of nitrogens with one attached hydrogen (secondary N) is 1. The number of hydrogen-bond acceptors (Lipinski definition) is 11. The molecule has 1 aromatic heterocycles. The standard InChI is InChI=1S/C38H50ClN3O8S/c39-31-12-11-27(51-20-6-4-18-42(17-3-5-19-43)37(49)36(48)35(47)34(46)32(45)24-44)21-25(31)22-41-38(14-15-38)30-23-40-16-13-28(30)29-7-1-2-8-33(29)50-26-9-10-26/h1-2,7-8,11-13,16,21,23,26,32,34-36,41,43-48H,3-6,9-10,14-15,17-20,22,24H2/t32-,34+,35-,36-/m0/s1. The predicted molar refractivity (Wildman–Crippen MR) is 196 cm³/mol. The van der Waals surface area contributed by atoms with E-state index in [0.717, 1.165) is 70.8 Å². The van der Waals surface area contributed by atoms with Crippen molar-refractivity contribution in [3.8, 4) is 16.9 Å². The second-order valence-corrected chi connectivity index (χ2v) is 15.0. The molecule has 2 fully saturated rings. The van der Waals surface area contributed by atoms with Gasteiger partial charge in [-0.15, -0.1) is 11.8 Å². The highest BCUT2D eigenvalue weighted by Crippen LogP contribution is 2.50. The van der Waals surface area contributed by atoms with E-state index in [0.29, 0.717) is 43.5 Å². The summed E-state index contributed by atoms with van der Waals surface area (Å²) < 4.78 is 6.25. The van der Waals surface area contributed by atoms with E-state index in [2.05, 4.69) is 28.5 Å². The van der Waals surface area contributed by atoms with Crippen molar-refractivity contribution in [1.82, 2.24) is 15.2 Å². The molecule has 0 aliphatic heterocycles. The second kappa shape index (κ2) is 18.8. The molecule has 5 rings (SSSR count). The number of ether oxygens (including phenoxy) is 1. The summed E-state index contributed by atoms with van der Waals surface area (Å²) in [5, 5.41) is 62.9. The van der Waals surface area contributed by atoms with Crippen LogP contribution in [0.2, 0.25) is 5.02 Å². The quantitative estimate of drug-likeness (QED) is 0.0591. The minimum Gasteiger partial charge on any atom is -0.490 e. The molecular weight excluding hydrogens is 694 g/mol. The van der Waals surface area contributed by atoms with Crippen molar-refractivity contribution in [2.75, 3.05) is 32.1 Å². The maximum atomic E-state index is 13.0. The van der Waals surface area contributed by atoms with Gasteiger partial charge in [0.05, 0.1) is 12.7 Å². The molecule has 11 nitrogen and oxygen atoms in total. The number of pyridine rings is 1. The molecule has 3 aromatic rings. The zero-order valence-corrected chi connectivity index (χ0v) is 30.3. The topological polar surface area (TPSA) is 176 Å². The first-order valence-electron chi connectivity index (χ1n) is 17.8. The van der Waals surface area contributed by atoms with Gasteiger partial charge in [0.25, 0.3) is 5.91 Å². The van der Waals surface area contributed by atoms with Crippen LogP contribution < -0.4 is 10.1 Å². The number of amides is 1. The molecule has 0 spiro atoms. The summed E-state index contributed by atoms with van der Waals surface area (Å²) in [5.41, 5.74) is 4.15. The zero-order valence-electron chi connectivity index (χ0n) is 28.7. The largest absolute Gasteiger partial charge is 0.490 e. The predicted octanol–water partition coefficient (Wildman–Crippen LogP) is 3.63. The van der Waals surface area contributed by atoms with Crippen molar-refractivity contribution in [2.24, 2.45) is 0 Å². The number of rotatable bonds is 22. The van der Waals surface area contributed by atoms with Crippen molar-refractivity contribution in [2.45, 2.75) is 98.9 Å². The van der Waals surface area contributed by atoms with Crippen LogP contribution in [0.25, 0.3) is 11.1 Å². The van der Waals surface area contributed by atoms with Crippen molar-refractivity contribution in [3.05, 3.63) is 77.1 Å². The van der Waals surface area contributed by atoms with Gasteiger partial charge < -0.3 is 45.6 Å². The Balaban J connectivity index is 1.15. The van der Waals surface area contributed by atoms with Crippen LogP contribution in [0.1, 0.15) is 62.5 Å². The number of benzene rings is 2. The highest BCUT2D eigenvalue weighted by Gasteiger charge is 2.46. The van der Waals surface area contributed by atoms with E-state index in [1.165, 1.54) is 4.90 Å². The lowest BCUT2D eigenvalue weighted by Gasteiger charge is -2.30. The van der Waals surface area contributed by atoms with Crippen LogP contribution in [-0.2, 0) is 16.9 Å². The monoisotopic (exact) mass is 743 g/mol. The van der Waals surface area contributed by atoms with Gasteiger partial charge in [-0.1, -0.05) is 29.8 Å². The Morgan fingerprint density at radius 3 is 2.43 bits per heavy atom. The van der Waals surface area contributed by atoms with Crippen LogP contribution in [0.5, 0.6) is 5.75 Å². The number of thioether (sulfide) groups is 1. The molecule has 1 amide bonds. The molecule has 2 aliphatic rings. The number of nitrogens with zero attached hydrogens (tertiary/aromatic N) is 2. The lowest BCUT2D eigenvalue weighted by atomic mass is 9.94. The second-order valence-electron chi connectivity index (χ2n) is 13.4. The Kier molecular flexibility index (Phi) is 14.5. The van der Waals surface area contributed by atoms with Gasteiger partial charge >= 0.3 is 0 Å². The number of carbonyl (C=O) groups excluding carboxylic acids is 1. The molecule has 0 radical (unpaired) electrons. The fraction of sp³-hybridized carbons (Fsp3) is 0.526. The number of aliphatic hydroxyl groups is 6. The smallest absolute Gasteiger partial charge is 0.254 e. The van der Waals surface area contributed by atoms with Crippen molar-refractivity contribution in [3.63, 3.8) is 0 Å². The molecule has 0 bridgehead atoms. The van der Waals surface area contributed by atoms with E-state index >= 15 is 0 Å². The van der Waals surface area contributed by atoms with E-state index < -0.39 is 36.9 Å². The first-order chi connectivity index (χ1) is 24.7. The average molecular weight is 744 g/mol. The molecule has 2 saturated carbocycles. The molecular formula is C38H50ClN3O8S. The highest BCUT2D eigenvalue weighted by atomic mass is 35.5. The van der Waals surface area contributed by atoms with Crippen molar-refractivity contribution in [1.29, 1.82) is 0 Å². The number of unbranched alkanes of at least 4 members (excludes halogenated alkanes) is 2. The van der Waals surface area contributed by atoms with E-state index in [-0.39, 0.29) is 18.7 Å². The Morgan fingerprint density at radius 1 is 0.980 bits per heavy atom. The Morgan fingerprint density at radius 2 is 1.73 bits per heavy atom. The Labute approximate surface area is 308 Å². The summed E-state index contributed by atoms with van der Waals surface area (Å²) in [5.74, 6) is 0.892. The lowest BCUT2D eigenvalue weighted by molar-refractivity contribution is -0.158. The molecule has 4 atom stereocenters. The van der Waals surface area contributed by atoms with Gasteiger partial charge in [-0.25, -0.2) is 0 Å². The number of carbonyl (C=O) groups is 1. The molecule has 278 valence electrons. The molecule has 2 aromatic carbocycles. The normalized spacial score (nSPS) is 17.4. The molecule has 7 N–H and O–H groups in total. The van der Waals surface area contributed by atoms with Crippen LogP contribution in [0.4, 0.5) is 0 Å². The number of para-hydroxylation sites is 1. The molecule has 1 heterocycles. The van der Waals surface area contributed by atoms with Gasteiger partial charge in [-0.05, 0) is 104 Å². The summed E-state index contributed by atoms with van der Waals surface area (Å²) in [6.45, 7) is 0.274. The van der Waals surface area contributed by atoms with Gasteiger partial charge in [-0.3, -0.25) is 9.78 Å². The van der Waals surface area contributed by atoms with Crippen molar-refractivity contribution < 1.29 is 40.2 Å². The number of hydrogen-bond donors (Lipinski definition) is 7. The van der Waals surface area contributed by atoms with Crippen LogP contribution >= 0.6 is 23.4 Å². The maximum absolute atomic E-state index is 13.0. The average Bonchev–Trinajstić information content (AvgIpc) is 4.10. The third-order valence-electron chi connectivity index (χ3n) is 9.46. The van der Waals surface area contributed by atoms with Crippen LogP contribution in [0, 0.1) is 0 Å². The first-order valence-corrected chi connectivity index (χ1v) is 19.1. The number of aromatic nitrogens is 1. The summed E-state index contributed by atoms with van der Waals surface area (Å²) in [4.78, 5) is 20.0. The zero-order chi connectivity index (χ0) is 36.4. The summed E-state index contributed by atoms with van der Waals surface area (Å²) in [7, 11) is 0. The summed E-state index contributed by atoms with van der Waals surface area (Å²) in [6.07, 6.45) is 3.08. The molecule has 2 aliphatic carbocycles. The van der Waals surface area contributed by atoms with Crippen molar-refractivity contribution >= 4 is 29.3 Å². The highest BCUT2D eigenvalue weighted by molar-refractivity contribution is 7.99. The number of halogens is 1. The third-order valence-corrected chi connectivity index (χ3v) is 10.9. The Hall–Kier alpha value is -2.78. The van der Waals surface area contributed by atoms with Crippen LogP contribution in [-0.4, -0.2) is 109 Å². The summed E-state index contributed by atoms with van der Waals surface area (Å²) in [6, 6.07) is 16.3. The van der Waals surface area contributed by atoms with E-state index in [9.17, 15) is 30.3 Å². The first kappa shape index (κ1) is 39.4. The molecule has 0 unspecified atom stereocenters. The molecule has 13 heteroatoms. The van der Waals surface area contributed by atoms with Gasteiger partial charge in [-0.2, -0.15) is 0 Å². The minimum absolute atomic E-state index is 0.0420. The van der Waals surface area contributed by atoms with E-state index in [1.807, 2.05) is 42.7 Å². The minimum atomic E-state index is -1.97. The fourth-order valence-corrected chi connectivity index (χ4v) is 7.23. The van der Waals surface area contributed by atoms with Gasteiger partial charge in [0.1, 0.15) is 24.1 Å². The van der Waals surface area contributed by atoms with E-state index in [1.54, 1.807) is 11.8 Å². The third kappa shape index (κ3) is 10.6. The van der Waals surface area contributed by atoms with Gasteiger partial charge in [0, 0.05) is 59.7 Å². The lowest BCUT2D eigenvalue weighted by Crippen LogP contribution is -2.53. The molecule has 51 heavy (non-hydrogen) atoms. The Bertz CT molecular complexity index is 1580. The summed E-state index contributed by atoms with van der Waals surface area (Å²) >= 11 is 8.36. The van der Waals surface area contributed by atoms with E-state index in [4.69, 9.17) is 21.4 Å². The maximum Gasteiger partial charge on any atom is 0.254 e. The van der Waals surface area contributed by atoms with Gasteiger partial charge in [0.2, 0.25) is 0 Å².